The number of rotatable bonds is 3. The van der Waals surface area contributed by atoms with Crippen LogP contribution in [0.4, 0.5) is 11.8 Å². The maximum absolute atomic E-state index is 13.7. The third kappa shape index (κ3) is 4.84. The van der Waals surface area contributed by atoms with Crippen molar-refractivity contribution in [2.75, 3.05) is 31.8 Å². The fraction of sp³-hybridized carbons (Fsp3) is 0.560. The lowest BCUT2D eigenvalue weighted by Crippen LogP contribution is -2.50. The number of H-pyrrole nitrogens is 1. The van der Waals surface area contributed by atoms with Crippen LogP contribution >= 0.6 is 15.6 Å². The average Bonchev–Trinajstić information content (AvgIpc) is 3.75. The quantitative estimate of drug-likeness (QED) is 0.152. The van der Waals surface area contributed by atoms with Gasteiger partial charge in [-0.15, -0.1) is 0 Å². The predicted molar refractivity (Wildman–Crippen MR) is 161 cm³/mol. The highest BCUT2D eigenvalue weighted by Crippen LogP contribution is 2.67. The Bertz CT molecular complexity index is 2070. The van der Waals surface area contributed by atoms with Crippen LogP contribution in [-0.4, -0.2) is 99.8 Å². The van der Waals surface area contributed by atoms with E-state index in [0.29, 0.717) is 23.9 Å². The Balaban J connectivity index is 1.17. The highest BCUT2D eigenvalue weighted by molar-refractivity contribution is 7.47. The molecule has 0 aromatic carbocycles. The average molecular weight is 712 g/mol. The summed E-state index contributed by atoms with van der Waals surface area (Å²) in [6.45, 7) is -1.14. The van der Waals surface area contributed by atoms with E-state index in [1.54, 1.807) is 16.8 Å². The van der Waals surface area contributed by atoms with Crippen molar-refractivity contribution in [2.24, 2.45) is 11.3 Å². The minimum atomic E-state index is -4.99. The van der Waals surface area contributed by atoms with Crippen LogP contribution in [-0.2, 0) is 36.7 Å². The van der Waals surface area contributed by atoms with Crippen molar-refractivity contribution >= 4 is 49.6 Å². The number of nitrogens with zero attached hydrogens (tertiary/aromatic N) is 6. The van der Waals surface area contributed by atoms with E-state index in [2.05, 4.69) is 24.9 Å². The second-order valence-electron chi connectivity index (χ2n) is 12.2. The number of aliphatic hydroxyl groups excluding tert-OH is 1. The summed E-state index contributed by atoms with van der Waals surface area (Å²) in [6, 6.07) is 0.928. The summed E-state index contributed by atoms with van der Waals surface area (Å²) >= 11 is 0. The molecule has 2 aliphatic heterocycles. The molecule has 0 amide bonds. The molecule has 4 fully saturated rings. The number of phosphoric ester groups is 2. The Kier molecular flexibility index (Phi) is 7.37. The Morgan fingerprint density at radius 2 is 1.90 bits per heavy atom. The number of fused-ring (bicyclic) bond motifs is 4. The molecule has 23 heteroatoms. The molecule has 1 spiro atoms. The molecular formula is C25H31N9O12P2. The topological polar surface area (TPSA) is 297 Å². The molecule has 0 radical (unpaired) electrons. The fourth-order valence-corrected chi connectivity index (χ4v) is 9.66. The van der Waals surface area contributed by atoms with Crippen LogP contribution in [0.3, 0.4) is 0 Å². The SMILES string of the molecule is CO[C@H]1[C@H]2OP(=O)(O)OCC34CC[C@@H]3[C@@H](n3ccc5c(N)ncnc53)[C@H](O)[C@@H]4OP(=O)(O)OC[C@H]1O[C@H]2n1cnc2c(=O)[nH]c(N)nc21. The molecule has 4 aromatic rings. The van der Waals surface area contributed by atoms with Gasteiger partial charge in [-0.2, -0.15) is 4.98 Å². The molecular weight excluding hydrogens is 680 g/mol. The van der Waals surface area contributed by atoms with Crippen LogP contribution in [0.15, 0.2) is 29.7 Å². The van der Waals surface area contributed by atoms with Gasteiger partial charge in [-0.1, -0.05) is 0 Å². The van der Waals surface area contributed by atoms with Gasteiger partial charge >= 0.3 is 15.6 Å². The van der Waals surface area contributed by atoms with Gasteiger partial charge in [0.25, 0.3) is 5.56 Å². The predicted octanol–water partition coefficient (Wildman–Crippen LogP) is -0.0287. The molecule has 2 saturated carbocycles. The lowest BCUT2D eigenvalue weighted by molar-refractivity contribution is -0.105. The van der Waals surface area contributed by atoms with Crippen molar-refractivity contribution in [3.05, 3.63) is 35.3 Å². The summed E-state index contributed by atoms with van der Waals surface area (Å²) in [5, 5.41) is 12.2. The van der Waals surface area contributed by atoms with Crippen LogP contribution in [0, 0.1) is 11.3 Å². The van der Waals surface area contributed by atoms with Gasteiger partial charge in [-0.25, -0.2) is 24.1 Å². The van der Waals surface area contributed by atoms with Crippen LogP contribution in [0.2, 0.25) is 0 Å². The number of hydrogen-bond acceptors (Lipinski definition) is 16. The first-order chi connectivity index (χ1) is 22.8. The van der Waals surface area contributed by atoms with E-state index < -0.39 is 88.5 Å². The van der Waals surface area contributed by atoms with Crippen LogP contribution in [0.25, 0.3) is 22.2 Å². The molecule has 4 aromatic heterocycles. The van der Waals surface area contributed by atoms with Gasteiger partial charge in [0.15, 0.2) is 17.4 Å². The monoisotopic (exact) mass is 711 g/mol. The molecule has 8 N–H and O–H groups in total. The van der Waals surface area contributed by atoms with E-state index >= 15 is 0 Å². The molecule has 2 saturated heterocycles. The first-order valence-electron chi connectivity index (χ1n) is 14.8. The Morgan fingerprint density at radius 3 is 2.65 bits per heavy atom. The minimum absolute atomic E-state index is 0.0353. The van der Waals surface area contributed by atoms with Gasteiger partial charge in [-0.3, -0.25) is 32.4 Å². The molecule has 2 bridgehead atoms. The van der Waals surface area contributed by atoms with Gasteiger partial charge < -0.3 is 40.4 Å². The van der Waals surface area contributed by atoms with E-state index in [4.69, 9.17) is 39.0 Å². The zero-order chi connectivity index (χ0) is 33.7. The Hall–Kier alpha value is -3.33. The largest absolute Gasteiger partial charge is 0.472 e. The lowest BCUT2D eigenvalue weighted by atomic mass is 9.60. The number of methoxy groups -OCH3 is 1. The van der Waals surface area contributed by atoms with E-state index in [0.717, 1.165) is 0 Å². The number of anilines is 2. The van der Waals surface area contributed by atoms with E-state index in [9.17, 15) is 28.8 Å². The van der Waals surface area contributed by atoms with Crippen molar-refractivity contribution in [1.82, 2.24) is 34.1 Å². The molecule has 8 rings (SSSR count). The smallest absolute Gasteiger partial charge is 0.388 e. The summed E-state index contributed by atoms with van der Waals surface area (Å²) in [7, 11) is -8.68. The number of phosphoric acid groups is 2. The van der Waals surface area contributed by atoms with Crippen molar-refractivity contribution < 1.29 is 51.6 Å². The number of aliphatic hydroxyl groups is 1. The van der Waals surface area contributed by atoms with Crippen molar-refractivity contribution in [3.63, 3.8) is 0 Å². The zero-order valence-electron chi connectivity index (χ0n) is 25.0. The number of aromatic nitrogens is 7. The van der Waals surface area contributed by atoms with Crippen molar-refractivity contribution in [1.29, 1.82) is 0 Å². The molecule has 4 aliphatic rings. The molecule has 2 aliphatic carbocycles. The van der Waals surface area contributed by atoms with E-state index in [1.165, 1.54) is 24.3 Å². The summed E-state index contributed by atoms with van der Waals surface area (Å²) in [5.74, 6) is -0.475. The van der Waals surface area contributed by atoms with Crippen LogP contribution < -0.4 is 17.0 Å². The summed E-state index contributed by atoms with van der Waals surface area (Å²) in [6.07, 6.45) is -2.99. The van der Waals surface area contributed by atoms with Crippen molar-refractivity contribution in [3.8, 4) is 0 Å². The first kappa shape index (κ1) is 31.9. The number of nitrogen functional groups attached to an aromatic ring is 2. The van der Waals surface area contributed by atoms with Crippen LogP contribution in [0.1, 0.15) is 25.1 Å². The van der Waals surface area contributed by atoms with Gasteiger partial charge in [0.2, 0.25) is 5.95 Å². The maximum atomic E-state index is 13.7. The number of ether oxygens (including phenoxy) is 2. The van der Waals surface area contributed by atoms with Gasteiger partial charge in [0, 0.05) is 18.7 Å². The fourth-order valence-electron chi connectivity index (χ4n) is 7.64. The number of nitrogens with one attached hydrogen (secondary N) is 1. The number of imidazole rings is 1. The molecule has 21 nitrogen and oxygen atoms in total. The third-order valence-electron chi connectivity index (χ3n) is 9.84. The number of nitrogens with two attached hydrogens (primary N) is 2. The van der Waals surface area contributed by atoms with E-state index in [1.807, 2.05) is 0 Å². The summed E-state index contributed by atoms with van der Waals surface area (Å²) in [5.41, 5.74) is 10.2. The molecule has 48 heavy (non-hydrogen) atoms. The lowest BCUT2D eigenvalue weighted by Gasteiger charge is -2.48. The van der Waals surface area contributed by atoms with E-state index in [-0.39, 0.29) is 22.9 Å². The second kappa shape index (κ2) is 11.1. The van der Waals surface area contributed by atoms with Crippen LogP contribution in [0.5, 0.6) is 0 Å². The number of aromatic amines is 1. The van der Waals surface area contributed by atoms with Crippen molar-refractivity contribution in [2.45, 2.75) is 55.6 Å². The number of hydrogen-bond donors (Lipinski definition) is 6. The normalized spacial score (nSPS) is 40.1. The molecule has 6 heterocycles. The standard InChI is InChI=1S/C25H31N9O12P2/c1-41-16-12-6-42-47(37,38)46-18-15(35)14(33-5-3-10-19(26)28-8-29-20(10)33)11-2-4-25(11,18)7-43-48(39,40)45-17(16)23(44-12)34-9-30-13-21(34)31-24(27)32-22(13)36/h3,5,8-9,11-12,14-18,23,35H,2,4,6-7H2,1H3,(H,37,38)(H,39,40)(H2,26,28,29)(H3,27,31,32,36)/t11-,12-,14-,15+,16-,17-,18+,23-,25?/m1/s1. The molecule has 3 unspecified atom stereocenters. The summed E-state index contributed by atoms with van der Waals surface area (Å²) in [4.78, 5) is 53.4. The zero-order valence-corrected chi connectivity index (χ0v) is 26.8. The second-order valence-corrected chi connectivity index (χ2v) is 15.0. The Labute approximate surface area is 269 Å². The maximum Gasteiger partial charge on any atom is 0.472 e. The molecule has 258 valence electrons. The molecule has 11 atom stereocenters. The third-order valence-corrected chi connectivity index (χ3v) is 11.8. The Morgan fingerprint density at radius 1 is 1.10 bits per heavy atom. The van der Waals surface area contributed by atoms with Gasteiger partial charge in [0.05, 0.1) is 31.0 Å². The van der Waals surface area contributed by atoms with Gasteiger partial charge in [0.1, 0.15) is 48.3 Å². The first-order valence-corrected chi connectivity index (χ1v) is 17.8. The van der Waals surface area contributed by atoms with Gasteiger partial charge in [-0.05, 0) is 24.8 Å². The minimum Gasteiger partial charge on any atom is -0.388 e. The summed E-state index contributed by atoms with van der Waals surface area (Å²) < 4.78 is 64.2. The highest BCUT2D eigenvalue weighted by atomic mass is 31.2. The highest BCUT2D eigenvalue weighted by Gasteiger charge is 2.68.